The van der Waals surface area contributed by atoms with Crippen LogP contribution in [-0.4, -0.2) is 42.1 Å². The summed E-state index contributed by atoms with van der Waals surface area (Å²) in [6.07, 6.45) is 2.22. The molecule has 1 unspecified atom stereocenters. The number of amides is 1. The van der Waals surface area contributed by atoms with Crippen molar-refractivity contribution in [2.24, 2.45) is 0 Å². The number of benzene rings is 1. The predicted molar refractivity (Wildman–Crippen MR) is 91.1 cm³/mol. The predicted octanol–water partition coefficient (Wildman–Crippen LogP) is 2.99. The molecule has 2 aromatic rings. The Hall–Kier alpha value is -2.89. The Morgan fingerprint density at radius 1 is 1.20 bits per heavy atom. The van der Waals surface area contributed by atoms with Gasteiger partial charge in [0.15, 0.2) is 0 Å². The summed E-state index contributed by atoms with van der Waals surface area (Å²) in [5.74, 6) is -0.257. The molecule has 130 valence electrons. The van der Waals surface area contributed by atoms with Crippen LogP contribution in [0, 0.1) is 0 Å². The summed E-state index contributed by atoms with van der Waals surface area (Å²) in [5.41, 5.74) is 2.25. The molecule has 1 aromatic heterocycles. The molecule has 1 aromatic carbocycles. The van der Waals surface area contributed by atoms with E-state index in [1.807, 2.05) is 36.4 Å². The standard InChI is InChI=1S/C19H20N2O4/c1-24-18(22)17-8-7-15(11-20-17)16-9-10-21(12-16)19(23)25-13-14-5-3-2-4-6-14/h2-8,11,16H,9-10,12-13H2,1H3. The Bertz CT molecular complexity index is 731. The molecule has 0 bridgehead atoms. The minimum Gasteiger partial charge on any atom is -0.464 e. The molecule has 0 radical (unpaired) electrons. The lowest BCUT2D eigenvalue weighted by molar-refractivity contribution is 0.0594. The summed E-state index contributed by atoms with van der Waals surface area (Å²) in [5, 5.41) is 0. The number of hydrogen-bond acceptors (Lipinski definition) is 5. The topological polar surface area (TPSA) is 68.7 Å². The van der Waals surface area contributed by atoms with Crippen LogP contribution in [-0.2, 0) is 16.1 Å². The Morgan fingerprint density at radius 2 is 2.00 bits per heavy atom. The van der Waals surface area contributed by atoms with E-state index in [0.717, 1.165) is 17.5 Å². The first-order chi connectivity index (χ1) is 12.2. The highest BCUT2D eigenvalue weighted by Gasteiger charge is 2.28. The number of aromatic nitrogens is 1. The van der Waals surface area contributed by atoms with Gasteiger partial charge in [-0.3, -0.25) is 0 Å². The third-order valence-electron chi connectivity index (χ3n) is 4.30. The van der Waals surface area contributed by atoms with E-state index >= 15 is 0 Å². The molecule has 3 rings (SSSR count). The molecule has 0 aliphatic carbocycles. The number of nitrogens with zero attached hydrogens (tertiary/aromatic N) is 2. The fourth-order valence-electron chi connectivity index (χ4n) is 2.88. The molecule has 0 N–H and O–H groups in total. The maximum Gasteiger partial charge on any atom is 0.410 e. The lowest BCUT2D eigenvalue weighted by Gasteiger charge is -2.16. The second-order valence-electron chi connectivity index (χ2n) is 5.94. The summed E-state index contributed by atoms with van der Waals surface area (Å²) < 4.78 is 10.0. The molecule has 6 heteroatoms. The van der Waals surface area contributed by atoms with Gasteiger partial charge in [0, 0.05) is 25.2 Å². The van der Waals surface area contributed by atoms with E-state index in [4.69, 9.17) is 4.74 Å². The average molecular weight is 340 g/mol. The number of esters is 1. The third-order valence-corrected chi connectivity index (χ3v) is 4.30. The quantitative estimate of drug-likeness (QED) is 0.800. The summed E-state index contributed by atoms with van der Waals surface area (Å²) in [6.45, 7) is 1.51. The van der Waals surface area contributed by atoms with Crippen LogP contribution in [0.25, 0.3) is 0 Å². The van der Waals surface area contributed by atoms with E-state index in [2.05, 4.69) is 9.72 Å². The van der Waals surface area contributed by atoms with E-state index in [0.29, 0.717) is 13.1 Å². The highest BCUT2D eigenvalue weighted by molar-refractivity contribution is 5.87. The zero-order valence-corrected chi connectivity index (χ0v) is 14.1. The van der Waals surface area contributed by atoms with Crippen LogP contribution in [0.5, 0.6) is 0 Å². The van der Waals surface area contributed by atoms with Gasteiger partial charge in [-0.15, -0.1) is 0 Å². The number of rotatable bonds is 4. The molecule has 0 saturated carbocycles. The summed E-state index contributed by atoms with van der Waals surface area (Å²) >= 11 is 0. The fourth-order valence-corrected chi connectivity index (χ4v) is 2.88. The van der Waals surface area contributed by atoms with Gasteiger partial charge in [-0.2, -0.15) is 0 Å². The Labute approximate surface area is 146 Å². The lowest BCUT2D eigenvalue weighted by atomic mass is 10.0. The second-order valence-corrected chi connectivity index (χ2v) is 5.94. The zero-order chi connectivity index (χ0) is 17.6. The van der Waals surface area contributed by atoms with Crippen molar-refractivity contribution in [3.63, 3.8) is 0 Å². The van der Waals surface area contributed by atoms with Gasteiger partial charge in [0.05, 0.1) is 7.11 Å². The van der Waals surface area contributed by atoms with Crippen molar-refractivity contribution < 1.29 is 19.1 Å². The van der Waals surface area contributed by atoms with Crippen LogP contribution in [0.3, 0.4) is 0 Å². The van der Waals surface area contributed by atoms with Crippen molar-refractivity contribution in [3.8, 4) is 0 Å². The average Bonchev–Trinajstić information content (AvgIpc) is 3.17. The largest absolute Gasteiger partial charge is 0.464 e. The van der Waals surface area contributed by atoms with Gasteiger partial charge in [0.1, 0.15) is 12.3 Å². The van der Waals surface area contributed by atoms with Crippen molar-refractivity contribution in [3.05, 3.63) is 65.5 Å². The second kappa shape index (κ2) is 7.79. The number of carbonyl (C=O) groups excluding carboxylic acids is 2. The molecule has 1 amide bonds. The van der Waals surface area contributed by atoms with Crippen LogP contribution >= 0.6 is 0 Å². The Kier molecular flexibility index (Phi) is 5.28. The van der Waals surface area contributed by atoms with Crippen LogP contribution < -0.4 is 0 Å². The van der Waals surface area contributed by atoms with Gasteiger partial charge in [0.2, 0.25) is 0 Å². The number of pyridine rings is 1. The van der Waals surface area contributed by atoms with Gasteiger partial charge >= 0.3 is 12.1 Å². The smallest absolute Gasteiger partial charge is 0.410 e. The number of methoxy groups -OCH3 is 1. The molecular weight excluding hydrogens is 320 g/mol. The maximum absolute atomic E-state index is 12.2. The van der Waals surface area contributed by atoms with Gasteiger partial charge in [0.25, 0.3) is 0 Å². The normalized spacial score (nSPS) is 16.5. The van der Waals surface area contributed by atoms with Crippen LogP contribution in [0.4, 0.5) is 4.79 Å². The lowest BCUT2D eigenvalue weighted by Crippen LogP contribution is -2.29. The van der Waals surface area contributed by atoms with Crippen LogP contribution in [0.2, 0.25) is 0 Å². The Morgan fingerprint density at radius 3 is 2.68 bits per heavy atom. The van der Waals surface area contributed by atoms with Crippen LogP contribution in [0.15, 0.2) is 48.7 Å². The molecule has 6 nitrogen and oxygen atoms in total. The van der Waals surface area contributed by atoms with Gasteiger partial charge in [-0.1, -0.05) is 36.4 Å². The molecule has 1 atom stereocenters. The number of likely N-dealkylation sites (tertiary alicyclic amines) is 1. The molecule has 1 fully saturated rings. The van der Waals surface area contributed by atoms with Crippen molar-refractivity contribution >= 4 is 12.1 Å². The summed E-state index contributed by atoms with van der Waals surface area (Å²) in [6, 6.07) is 13.1. The highest BCUT2D eigenvalue weighted by Crippen LogP contribution is 2.27. The van der Waals surface area contributed by atoms with E-state index in [1.165, 1.54) is 7.11 Å². The van der Waals surface area contributed by atoms with E-state index in [9.17, 15) is 9.59 Å². The number of carbonyl (C=O) groups is 2. The maximum atomic E-state index is 12.2. The molecular formula is C19H20N2O4. The third kappa shape index (κ3) is 4.15. The van der Waals surface area contributed by atoms with Crippen LogP contribution in [0.1, 0.15) is 34.0 Å². The van der Waals surface area contributed by atoms with Gasteiger partial charge < -0.3 is 14.4 Å². The molecule has 1 aliphatic rings. The van der Waals surface area contributed by atoms with Gasteiger partial charge in [-0.25, -0.2) is 14.6 Å². The minimum atomic E-state index is -0.455. The van der Waals surface area contributed by atoms with E-state index in [-0.39, 0.29) is 24.3 Å². The van der Waals surface area contributed by atoms with E-state index < -0.39 is 5.97 Å². The SMILES string of the molecule is COC(=O)c1ccc(C2CCN(C(=O)OCc3ccccc3)C2)cn1. The molecule has 1 saturated heterocycles. The first-order valence-corrected chi connectivity index (χ1v) is 8.17. The number of ether oxygens (including phenoxy) is 2. The molecule has 2 heterocycles. The molecule has 25 heavy (non-hydrogen) atoms. The molecule has 1 aliphatic heterocycles. The highest BCUT2D eigenvalue weighted by atomic mass is 16.6. The first-order valence-electron chi connectivity index (χ1n) is 8.17. The first kappa shape index (κ1) is 17.0. The van der Waals surface area contributed by atoms with Crippen molar-refractivity contribution in [1.29, 1.82) is 0 Å². The minimum absolute atomic E-state index is 0.198. The molecule has 0 spiro atoms. The summed E-state index contributed by atoms with van der Waals surface area (Å²) in [7, 11) is 1.33. The van der Waals surface area contributed by atoms with Crippen molar-refractivity contribution in [2.45, 2.75) is 18.9 Å². The zero-order valence-electron chi connectivity index (χ0n) is 14.1. The van der Waals surface area contributed by atoms with Crippen molar-refractivity contribution in [2.75, 3.05) is 20.2 Å². The monoisotopic (exact) mass is 340 g/mol. The summed E-state index contributed by atoms with van der Waals surface area (Å²) in [4.78, 5) is 29.5. The van der Waals surface area contributed by atoms with Gasteiger partial charge in [-0.05, 0) is 23.6 Å². The fraction of sp³-hybridized carbons (Fsp3) is 0.316. The number of hydrogen-bond donors (Lipinski definition) is 0. The van der Waals surface area contributed by atoms with Crippen molar-refractivity contribution in [1.82, 2.24) is 9.88 Å². The van der Waals surface area contributed by atoms with E-state index in [1.54, 1.807) is 17.2 Å². The Balaban J connectivity index is 1.54.